The van der Waals surface area contributed by atoms with Gasteiger partial charge in [-0.05, 0) is 38.5 Å². The molecule has 9 heteroatoms. The third kappa shape index (κ3) is 36.3. The molecule has 0 radical (unpaired) electrons. The Labute approximate surface area is 290 Å². The molecule has 2 unspecified atom stereocenters. The first-order chi connectivity index (χ1) is 22.9. The van der Waals surface area contributed by atoms with Crippen molar-refractivity contribution < 1.29 is 32.8 Å². The first kappa shape index (κ1) is 46.2. The van der Waals surface area contributed by atoms with Crippen molar-refractivity contribution in [1.82, 2.24) is 0 Å². The second-order valence-corrected chi connectivity index (χ2v) is 14.6. The fourth-order valence-corrected chi connectivity index (χ4v) is 6.29. The second kappa shape index (κ2) is 36.5. The number of esters is 1. The van der Waals surface area contributed by atoms with E-state index in [-0.39, 0.29) is 32.3 Å². The molecule has 3 N–H and O–H groups in total. The second-order valence-electron chi connectivity index (χ2n) is 13.1. The monoisotopic (exact) mass is 690 g/mol. The molecule has 8 nitrogen and oxygen atoms in total. The van der Waals surface area contributed by atoms with Crippen molar-refractivity contribution in [3.63, 3.8) is 0 Å². The van der Waals surface area contributed by atoms with Crippen LogP contribution in [0.3, 0.4) is 0 Å². The Hall–Kier alpha value is -0.760. The maximum Gasteiger partial charge on any atom is 0.472 e. The molecule has 0 aliphatic rings. The molecular weight excluding hydrogens is 613 g/mol. The average Bonchev–Trinajstić information content (AvgIpc) is 3.06. The minimum absolute atomic E-state index is 0.0932. The van der Waals surface area contributed by atoms with E-state index in [4.69, 9.17) is 24.3 Å². The molecule has 0 saturated carbocycles. The first-order valence-electron chi connectivity index (χ1n) is 19.7. The molecule has 0 rings (SSSR count). The smallest absolute Gasteiger partial charge is 0.457 e. The van der Waals surface area contributed by atoms with Crippen LogP contribution in [0.15, 0.2) is 12.2 Å². The van der Waals surface area contributed by atoms with E-state index in [1.54, 1.807) is 0 Å². The van der Waals surface area contributed by atoms with Crippen molar-refractivity contribution in [2.24, 2.45) is 5.73 Å². The van der Waals surface area contributed by atoms with Crippen LogP contribution in [0.2, 0.25) is 0 Å². The molecule has 0 fully saturated rings. The molecule has 0 aliphatic carbocycles. The molecule has 0 aromatic carbocycles. The minimum Gasteiger partial charge on any atom is -0.457 e. The Morgan fingerprint density at radius 3 is 1.55 bits per heavy atom. The molecular formula is C38H76NO7P. The lowest BCUT2D eigenvalue weighted by Crippen LogP contribution is -2.28. The Morgan fingerprint density at radius 2 is 1.06 bits per heavy atom. The summed E-state index contributed by atoms with van der Waals surface area (Å²) in [7, 11) is -4.26. The van der Waals surface area contributed by atoms with Gasteiger partial charge in [0.2, 0.25) is 0 Å². The highest BCUT2D eigenvalue weighted by atomic mass is 31.2. The summed E-state index contributed by atoms with van der Waals surface area (Å²) in [5.74, 6) is -0.338. The van der Waals surface area contributed by atoms with Gasteiger partial charge in [0.25, 0.3) is 0 Å². The summed E-state index contributed by atoms with van der Waals surface area (Å²) in [6.45, 7) is 4.87. The highest BCUT2D eigenvalue weighted by molar-refractivity contribution is 7.47. The van der Waals surface area contributed by atoms with Crippen LogP contribution in [-0.4, -0.2) is 49.9 Å². The number of nitrogens with two attached hydrogens (primary N) is 1. The SMILES string of the molecule is CCCCCCCCCC/C=C\CCCCCCCCCCCCOCC(COP(=O)(O)OCCN)OC(=O)CCCCCCCC. The third-order valence-corrected chi connectivity index (χ3v) is 9.42. The zero-order chi connectivity index (χ0) is 34.5. The van der Waals surface area contributed by atoms with E-state index in [0.29, 0.717) is 13.0 Å². The van der Waals surface area contributed by atoms with Gasteiger partial charge < -0.3 is 20.1 Å². The molecule has 2 atom stereocenters. The van der Waals surface area contributed by atoms with Gasteiger partial charge in [0.1, 0.15) is 6.10 Å². The maximum absolute atomic E-state index is 12.4. The predicted molar refractivity (Wildman–Crippen MR) is 197 cm³/mol. The van der Waals surface area contributed by atoms with Gasteiger partial charge in [-0.2, -0.15) is 0 Å². The van der Waals surface area contributed by atoms with Crippen LogP contribution < -0.4 is 5.73 Å². The van der Waals surface area contributed by atoms with E-state index < -0.39 is 13.9 Å². The van der Waals surface area contributed by atoms with Crippen LogP contribution in [0, 0.1) is 0 Å². The normalized spacial score (nSPS) is 13.7. The molecule has 0 aliphatic heterocycles. The Morgan fingerprint density at radius 1 is 0.617 bits per heavy atom. The van der Waals surface area contributed by atoms with E-state index in [0.717, 1.165) is 32.1 Å². The fraction of sp³-hybridized carbons (Fsp3) is 0.921. The molecule has 0 aromatic heterocycles. The van der Waals surface area contributed by atoms with Crippen LogP contribution >= 0.6 is 7.82 Å². The van der Waals surface area contributed by atoms with Crippen LogP contribution in [0.25, 0.3) is 0 Å². The van der Waals surface area contributed by atoms with Gasteiger partial charge >= 0.3 is 13.8 Å². The number of hydrogen-bond acceptors (Lipinski definition) is 7. The quantitative estimate of drug-likeness (QED) is 0.0285. The number of rotatable bonds is 38. The van der Waals surface area contributed by atoms with E-state index >= 15 is 0 Å². The van der Waals surface area contributed by atoms with Crippen molar-refractivity contribution in [1.29, 1.82) is 0 Å². The number of ether oxygens (including phenoxy) is 2. The van der Waals surface area contributed by atoms with Gasteiger partial charge in [0.05, 0.1) is 19.8 Å². The summed E-state index contributed by atoms with van der Waals surface area (Å²) in [6.07, 6.45) is 36.9. The third-order valence-electron chi connectivity index (χ3n) is 8.43. The van der Waals surface area contributed by atoms with Crippen molar-refractivity contribution in [2.75, 3.05) is 33.0 Å². The van der Waals surface area contributed by atoms with E-state index in [1.807, 2.05) is 0 Å². The number of phosphoric acid groups is 1. The average molecular weight is 690 g/mol. The van der Waals surface area contributed by atoms with Crippen molar-refractivity contribution >= 4 is 13.8 Å². The largest absolute Gasteiger partial charge is 0.472 e. The fourth-order valence-electron chi connectivity index (χ4n) is 5.52. The summed E-state index contributed by atoms with van der Waals surface area (Å²) in [6, 6.07) is 0. The molecule has 0 heterocycles. The van der Waals surface area contributed by atoms with Gasteiger partial charge in [-0.15, -0.1) is 0 Å². The summed E-state index contributed by atoms with van der Waals surface area (Å²) in [4.78, 5) is 22.2. The van der Waals surface area contributed by atoms with Gasteiger partial charge in [0.15, 0.2) is 0 Å². The summed E-state index contributed by atoms with van der Waals surface area (Å²) in [5.41, 5.74) is 5.33. The van der Waals surface area contributed by atoms with Crippen molar-refractivity contribution in [2.45, 2.75) is 193 Å². The van der Waals surface area contributed by atoms with E-state index in [2.05, 4.69) is 26.0 Å². The molecule has 280 valence electrons. The lowest BCUT2D eigenvalue weighted by Gasteiger charge is -2.20. The zero-order valence-corrected chi connectivity index (χ0v) is 31.7. The summed E-state index contributed by atoms with van der Waals surface area (Å²) in [5, 5.41) is 0. The van der Waals surface area contributed by atoms with Crippen LogP contribution in [0.5, 0.6) is 0 Å². The standard InChI is InChI=1S/C38H76NO7P/c1-3-5-7-9-11-12-13-14-15-16-17-18-19-20-21-22-23-24-25-26-28-30-33-43-35-37(36-45-47(41,42)44-34-32-39)46-38(40)31-29-27-10-8-6-4-2/h16-17,37H,3-15,18-36,39H2,1-2H3,(H,41,42)/b17-16-. The minimum atomic E-state index is -4.26. The molecule has 0 spiro atoms. The van der Waals surface area contributed by atoms with Gasteiger partial charge in [-0.1, -0.05) is 154 Å². The van der Waals surface area contributed by atoms with Gasteiger partial charge in [-0.25, -0.2) is 4.57 Å². The number of hydrogen-bond donors (Lipinski definition) is 2. The number of carbonyl (C=O) groups is 1. The maximum atomic E-state index is 12.4. The number of carbonyl (C=O) groups excluding carboxylic acids is 1. The molecule has 0 aromatic rings. The highest BCUT2D eigenvalue weighted by Crippen LogP contribution is 2.43. The Bertz CT molecular complexity index is 737. The van der Waals surface area contributed by atoms with E-state index in [9.17, 15) is 14.3 Å². The summed E-state index contributed by atoms with van der Waals surface area (Å²) < 4.78 is 33.1. The number of unbranched alkanes of at least 4 members (excludes halogenated alkanes) is 23. The van der Waals surface area contributed by atoms with Crippen LogP contribution in [-0.2, 0) is 27.9 Å². The number of phosphoric ester groups is 1. The first-order valence-corrected chi connectivity index (χ1v) is 21.2. The van der Waals surface area contributed by atoms with Gasteiger partial charge in [0, 0.05) is 19.6 Å². The van der Waals surface area contributed by atoms with Crippen molar-refractivity contribution in [3.8, 4) is 0 Å². The number of allylic oxidation sites excluding steroid dienone is 2. The molecule has 0 amide bonds. The van der Waals surface area contributed by atoms with Crippen LogP contribution in [0.1, 0.15) is 187 Å². The Balaban J connectivity index is 3.83. The highest BCUT2D eigenvalue weighted by Gasteiger charge is 2.25. The molecule has 0 bridgehead atoms. The van der Waals surface area contributed by atoms with E-state index in [1.165, 1.54) is 135 Å². The summed E-state index contributed by atoms with van der Waals surface area (Å²) >= 11 is 0. The Kier molecular flexibility index (Phi) is 35.9. The zero-order valence-electron chi connectivity index (χ0n) is 30.8. The van der Waals surface area contributed by atoms with Crippen molar-refractivity contribution in [3.05, 3.63) is 12.2 Å². The molecule has 47 heavy (non-hydrogen) atoms. The van der Waals surface area contributed by atoms with Gasteiger partial charge in [-0.3, -0.25) is 13.8 Å². The lowest BCUT2D eigenvalue weighted by molar-refractivity contribution is -0.154. The lowest BCUT2D eigenvalue weighted by atomic mass is 10.1. The molecule has 0 saturated heterocycles. The predicted octanol–water partition coefficient (Wildman–Crippen LogP) is 11.1. The topological polar surface area (TPSA) is 117 Å². The van der Waals surface area contributed by atoms with Crippen LogP contribution in [0.4, 0.5) is 0 Å².